The van der Waals surface area contributed by atoms with Gasteiger partial charge in [0.05, 0.1) is 30.7 Å². The van der Waals surface area contributed by atoms with Crippen molar-refractivity contribution in [2.75, 3.05) is 31.1 Å². The Kier molecular flexibility index (Phi) is 6.96. The maximum absolute atomic E-state index is 12.1. The largest absolute Gasteiger partial charge is 0.481 e. The molecule has 0 atom stereocenters. The maximum Gasteiger partial charge on any atom is 0.251 e. The van der Waals surface area contributed by atoms with Gasteiger partial charge < -0.3 is 10.1 Å². The molecule has 0 radical (unpaired) electrons. The highest BCUT2D eigenvalue weighted by Crippen LogP contribution is 2.21. The number of pyridine rings is 1. The first-order chi connectivity index (χ1) is 16.8. The fraction of sp³-hybridized carbons (Fsp3) is 0.182. The predicted octanol–water partition coefficient (Wildman–Crippen LogP) is 1.44. The van der Waals surface area contributed by atoms with Crippen LogP contribution in [0.2, 0.25) is 0 Å². The molecule has 4 rings (SSSR count). The van der Waals surface area contributed by atoms with Crippen LogP contribution in [0.25, 0.3) is 16.9 Å². The van der Waals surface area contributed by atoms with Gasteiger partial charge in [0.2, 0.25) is 5.88 Å². The maximum atomic E-state index is 12.1. The van der Waals surface area contributed by atoms with Gasteiger partial charge in [0, 0.05) is 24.4 Å². The van der Waals surface area contributed by atoms with Crippen LogP contribution in [0.3, 0.4) is 0 Å². The van der Waals surface area contributed by atoms with Crippen LogP contribution in [0, 0.1) is 0 Å². The van der Waals surface area contributed by atoms with E-state index in [-0.39, 0.29) is 18.2 Å². The van der Waals surface area contributed by atoms with Gasteiger partial charge in [-0.15, -0.1) is 0 Å². The molecule has 0 spiro atoms. The van der Waals surface area contributed by atoms with E-state index in [1.165, 1.54) is 6.33 Å². The summed E-state index contributed by atoms with van der Waals surface area (Å²) in [7, 11) is -1.59. The third-order valence-electron chi connectivity index (χ3n) is 4.82. The summed E-state index contributed by atoms with van der Waals surface area (Å²) >= 11 is 0. The van der Waals surface area contributed by atoms with Crippen molar-refractivity contribution in [3.05, 3.63) is 66.1 Å². The minimum Gasteiger partial charge on any atom is -0.481 e. The summed E-state index contributed by atoms with van der Waals surface area (Å²) in [6.07, 6.45) is 5.71. The van der Waals surface area contributed by atoms with E-state index in [4.69, 9.17) is 4.74 Å². The molecule has 35 heavy (non-hydrogen) atoms. The minimum atomic E-state index is -3.13. The van der Waals surface area contributed by atoms with Crippen LogP contribution in [-0.2, 0) is 9.84 Å². The topological polar surface area (TPSA) is 153 Å². The van der Waals surface area contributed by atoms with E-state index in [2.05, 4.69) is 35.9 Å². The Balaban J connectivity index is 1.43. The predicted molar refractivity (Wildman–Crippen MR) is 131 cm³/mol. The first-order valence-corrected chi connectivity index (χ1v) is 12.5. The van der Waals surface area contributed by atoms with Crippen LogP contribution in [0.5, 0.6) is 5.88 Å². The average Bonchev–Trinajstić information content (AvgIpc) is 3.29. The van der Waals surface area contributed by atoms with Gasteiger partial charge in [0.1, 0.15) is 16.2 Å². The van der Waals surface area contributed by atoms with E-state index in [9.17, 15) is 13.2 Å². The molecule has 1 aromatic carbocycles. The summed E-state index contributed by atoms with van der Waals surface area (Å²) in [6, 6.07) is 12.0. The number of ether oxygens (including phenoxy) is 1. The van der Waals surface area contributed by atoms with Crippen molar-refractivity contribution in [2.24, 2.45) is 5.10 Å². The number of carbonyl (C=O) groups excluding carboxylic acids is 1. The number of hydrazone groups is 1. The molecule has 12 nitrogen and oxygen atoms in total. The minimum absolute atomic E-state index is 0.0582. The number of nitrogens with zero attached hydrogens (tertiary/aromatic N) is 6. The Hall–Kier alpha value is -4.39. The summed E-state index contributed by atoms with van der Waals surface area (Å²) < 4.78 is 29.1. The number of hydrogen-bond donors (Lipinski definition) is 2. The van der Waals surface area contributed by atoms with Crippen LogP contribution in [0.15, 0.2) is 60.1 Å². The lowest BCUT2D eigenvalue weighted by Crippen LogP contribution is -2.28. The number of sulfone groups is 1. The SMILES string of the molecule is COc1cccc(-n2ncc3c(NN=Cc4ccc(C(=O)NCCS(C)(=O)=O)cc4)ncnc32)n1. The molecule has 1 amide bonds. The normalized spacial score (nSPS) is 11.6. The van der Waals surface area contributed by atoms with Gasteiger partial charge in [-0.1, -0.05) is 18.2 Å². The zero-order chi connectivity index (χ0) is 24.8. The van der Waals surface area contributed by atoms with E-state index in [0.717, 1.165) is 11.8 Å². The van der Waals surface area contributed by atoms with Crippen LogP contribution in [0.4, 0.5) is 5.82 Å². The van der Waals surface area contributed by atoms with E-state index >= 15 is 0 Å². The van der Waals surface area contributed by atoms with E-state index < -0.39 is 9.84 Å². The smallest absolute Gasteiger partial charge is 0.251 e. The third-order valence-corrected chi connectivity index (χ3v) is 5.76. The van der Waals surface area contributed by atoms with Crippen molar-refractivity contribution in [2.45, 2.75) is 0 Å². The van der Waals surface area contributed by atoms with Gasteiger partial charge in [0.15, 0.2) is 17.3 Å². The summed E-state index contributed by atoms with van der Waals surface area (Å²) in [4.78, 5) is 25.0. The van der Waals surface area contributed by atoms with Crippen LogP contribution in [0.1, 0.15) is 15.9 Å². The van der Waals surface area contributed by atoms with E-state index in [0.29, 0.717) is 34.1 Å². The van der Waals surface area contributed by atoms with Crippen molar-refractivity contribution in [3.8, 4) is 11.7 Å². The Morgan fingerprint density at radius 2 is 1.97 bits per heavy atom. The van der Waals surface area contributed by atoms with E-state index in [1.807, 2.05) is 6.07 Å². The molecule has 13 heteroatoms. The highest BCUT2D eigenvalue weighted by molar-refractivity contribution is 7.90. The second-order valence-corrected chi connectivity index (χ2v) is 9.69. The van der Waals surface area contributed by atoms with Gasteiger partial charge in [-0.2, -0.15) is 19.9 Å². The van der Waals surface area contributed by atoms with Gasteiger partial charge >= 0.3 is 0 Å². The fourth-order valence-corrected chi connectivity index (χ4v) is 3.55. The Labute approximate surface area is 201 Å². The Morgan fingerprint density at radius 1 is 1.17 bits per heavy atom. The number of amides is 1. The Bertz CT molecular complexity index is 1480. The van der Waals surface area contributed by atoms with Crippen LogP contribution >= 0.6 is 0 Å². The number of hydrogen-bond acceptors (Lipinski definition) is 10. The fourth-order valence-electron chi connectivity index (χ4n) is 3.08. The number of methoxy groups -OCH3 is 1. The number of aromatic nitrogens is 5. The molecular weight excluding hydrogens is 472 g/mol. The molecule has 0 bridgehead atoms. The summed E-state index contributed by atoms with van der Waals surface area (Å²) in [5, 5.41) is 11.8. The molecule has 3 heterocycles. The van der Waals surface area contributed by atoms with Crippen molar-refractivity contribution < 1.29 is 17.9 Å². The van der Waals surface area contributed by atoms with Crippen molar-refractivity contribution in [1.82, 2.24) is 30.0 Å². The highest BCUT2D eigenvalue weighted by atomic mass is 32.2. The lowest BCUT2D eigenvalue weighted by molar-refractivity contribution is 0.0956. The number of carbonyl (C=O) groups is 1. The third kappa shape index (κ3) is 5.95. The number of fused-ring (bicyclic) bond motifs is 1. The van der Waals surface area contributed by atoms with Crippen molar-refractivity contribution in [3.63, 3.8) is 0 Å². The molecule has 3 aromatic heterocycles. The standard InChI is InChI=1S/C22H22N8O4S/c1-34-19-5-3-4-18(28-19)30-21-17(13-27-30)20(24-14-25-21)29-26-12-15-6-8-16(9-7-15)22(31)23-10-11-35(2,32)33/h3-9,12-14H,10-11H2,1-2H3,(H,23,31)(H,24,25,29). The van der Waals surface area contributed by atoms with Gasteiger partial charge in [-0.25, -0.2) is 18.4 Å². The molecule has 0 aliphatic heterocycles. The zero-order valence-electron chi connectivity index (χ0n) is 18.9. The monoisotopic (exact) mass is 494 g/mol. The summed E-state index contributed by atoms with van der Waals surface area (Å²) in [5.74, 6) is 1.01. The number of benzene rings is 1. The van der Waals surface area contributed by atoms with Gasteiger partial charge in [-0.3, -0.25) is 10.2 Å². The van der Waals surface area contributed by atoms with Crippen molar-refractivity contribution >= 4 is 38.8 Å². The first-order valence-electron chi connectivity index (χ1n) is 10.4. The highest BCUT2D eigenvalue weighted by Gasteiger charge is 2.12. The quantitative estimate of drug-likeness (QED) is 0.260. The molecule has 0 saturated heterocycles. The second kappa shape index (κ2) is 10.3. The zero-order valence-corrected chi connectivity index (χ0v) is 19.7. The van der Waals surface area contributed by atoms with E-state index in [1.54, 1.807) is 60.6 Å². The molecule has 0 fully saturated rings. The van der Waals surface area contributed by atoms with Crippen molar-refractivity contribution in [1.29, 1.82) is 0 Å². The number of rotatable bonds is 9. The molecule has 0 unspecified atom stereocenters. The molecule has 0 saturated carbocycles. The summed E-state index contributed by atoms with van der Waals surface area (Å²) in [6.45, 7) is 0.0582. The molecule has 0 aliphatic rings. The summed E-state index contributed by atoms with van der Waals surface area (Å²) in [5.41, 5.74) is 4.59. The van der Waals surface area contributed by atoms with Crippen LogP contribution < -0.4 is 15.5 Å². The molecular formula is C22H22N8O4S. The molecule has 0 aliphatic carbocycles. The Morgan fingerprint density at radius 3 is 2.71 bits per heavy atom. The van der Waals surface area contributed by atoms with Gasteiger partial charge in [0.25, 0.3) is 5.91 Å². The molecule has 2 N–H and O–H groups in total. The number of anilines is 1. The molecule has 4 aromatic rings. The van der Waals surface area contributed by atoms with Gasteiger partial charge in [-0.05, 0) is 23.8 Å². The lowest BCUT2D eigenvalue weighted by Gasteiger charge is -2.05. The number of nitrogens with one attached hydrogen (secondary N) is 2. The van der Waals surface area contributed by atoms with Crippen LogP contribution in [-0.4, -0.2) is 70.9 Å². The first kappa shape index (κ1) is 23.8. The second-order valence-electron chi connectivity index (χ2n) is 7.43. The lowest BCUT2D eigenvalue weighted by atomic mass is 10.1. The average molecular weight is 495 g/mol. The molecule has 180 valence electrons.